The summed E-state index contributed by atoms with van der Waals surface area (Å²) in [5.74, 6) is 0.947. The Labute approximate surface area is 134 Å². The minimum absolute atomic E-state index is 0.129. The van der Waals surface area contributed by atoms with Crippen molar-refractivity contribution in [1.82, 2.24) is 24.8 Å². The van der Waals surface area contributed by atoms with E-state index >= 15 is 0 Å². The maximum Gasteiger partial charge on any atom is 0.126 e. The second-order valence-electron chi connectivity index (χ2n) is 5.69. The van der Waals surface area contributed by atoms with E-state index in [1.807, 2.05) is 30.6 Å². The first kappa shape index (κ1) is 14.2. The second-order valence-corrected chi connectivity index (χ2v) is 5.69. The molecule has 118 valence electrons. The topological polar surface area (TPSA) is 69.8 Å². The molecule has 6 nitrogen and oxygen atoms in total. The zero-order chi connectivity index (χ0) is 15.5. The fraction of sp³-hybridized carbons (Fsp3) is 0.294. The fourth-order valence-electron chi connectivity index (χ4n) is 2.94. The Morgan fingerprint density at radius 3 is 2.96 bits per heavy atom. The highest BCUT2D eigenvalue weighted by Crippen LogP contribution is 2.26. The van der Waals surface area contributed by atoms with Crippen LogP contribution >= 0.6 is 0 Å². The van der Waals surface area contributed by atoms with Crippen molar-refractivity contribution in [2.75, 3.05) is 19.8 Å². The van der Waals surface area contributed by atoms with Crippen molar-refractivity contribution >= 4 is 0 Å². The van der Waals surface area contributed by atoms with E-state index in [2.05, 4.69) is 37.0 Å². The molecule has 2 N–H and O–H groups in total. The molecule has 3 heterocycles. The Morgan fingerprint density at radius 2 is 2.13 bits per heavy atom. The number of ether oxygens (including phenoxy) is 1. The number of rotatable bonds is 4. The smallest absolute Gasteiger partial charge is 0.126 e. The second kappa shape index (κ2) is 6.36. The predicted molar refractivity (Wildman–Crippen MR) is 86.6 cm³/mol. The molecule has 0 bridgehead atoms. The highest BCUT2D eigenvalue weighted by atomic mass is 16.5. The molecular weight excluding hydrogens is 290 g/mol. The number of morpholine rings is 1. The third-order valence-electron chi connectivity index (χ3n) is 4.16. The van der Waals surface area contributed by atoms with Gasteiger partial charge in [-0.05, 0) is 5.56 Å². The van der Waals surface area contributed by atoms with E-state index in [0.29, 0.717) is 6.61 Å². The van der Waals surface area contributed by atoms with E-state index < -0.39 is 0 Å². The van der Waals surface area contributed by atoms with Crippen LogP contribution in [0.2, 0.25) is 0 Å². The minimum atomic E-state index is 0.129. The molecule has 1 fully saturated rings. The lowest BCUT2D eigenvalue weighted by Gasteiger charge is -2.33. The lowest BCUT2D eigenvalue weighted by molar-refractivity contribution is -0.0161. The summed E-state index contributed by atoms with van der Waals surface area (Å²) in [6.45, 7) is 3.09. The number of H-pyrrole nitrogens is 2. The van der Waals surface area contributed by atoms with Crippen molar-refractivity contribution in [2.24, 2.45) is 0 Å². The SMILES string of the molecule is c1ccc(-c2cnc([C@@H]3COCCN3Cc3cnc[nH]3)[nH]2)cc1. The number of nitrogens with one attached hydrogen (secondary N) is 2. The van der Waals surface area contributed by atoms with Crippen LogP contribution in [0.3, 0.4) is 0 Å². The van der Waals surface area contributed by atoms with Crippen molar-refractivity contribution < 1.29 is 4.74 Å². The van der Waals surface area contributed by atoms with Crippen LogP contribution in [0.4, 0.5) is 0 Å². The molecule has 0 unspecified atom stereocenters. The monoisotopic (exact) mass is 309 g/mol. The molecule has 0 aliphatic carbocycles. The standard InChI is InChI=1S/C17H19N5O/c1-2-4-13(5-3-1)15-9-19-17(21-15)16-11-23-7-6-22(16)10-14-8-18-12-20-14/h1-5,8-9,12,16H,6-7,10-11H2,(H,18,20)(H,19,21)/t16-/m0/s1. The van der Waals surface area contributed by atoms with Gasteiger partial charge in [0, 0.05) is 25.0 Å². The quantitative estimate of drug-likeness (QED) is 0.776. The van der Waals surface area contributed by atoms with E-state index in [9.17, 15) is 0 Å². The van der Waals surface area contributed by atoms with Crippen LogP contribution in [0, 0.1) is 0 Å². The number of imidazole rings is 2. The van der Waals surface area contributed by atoms with E-state index in [-0.39, 0.29) is 6.04 Å². The zero-order valence-electron chi connectivity index (χ0n) is 12.8. The maximum absolute atomic E-state index is 5.67. The first-order chi connectivity index (χ1) is 11.4. The predicted octanol–water partition coefficient (Wildman–Crippen LogP) is 2.37. The van der Waals surface area contributed by atoms with Crippen LogP contribution < -0.4 is 0 Å². The minimum Gasteiger partial charge on any atom is -0.378 e. The van der Waals surface area contributed by atoms with Gasteiger partial charge < -0.3 is 14.7 Å². The molecule has 1 aromatic carbocycles. The lowest BCUT2D eigenvalue weighted by Crippen LogP contribution is -2.39. The van der Waals surface area contributed by atoms with Crippen LogP contribution in [0.1, 0.15) is 17.6 Å². The molecule has 2 aromatic heterocycles. The summed E-state index contributed by atoms with van der Waals surface area (Å²) in [6.07, 6.45) is 5.48. The summed E-state index contributed by atoms with van der Waals surface area (Å²) in [5, 5.41) is 0. The third kappa shape index (κ3) is 3.04. The largest absolute Gasteiger partial charge is 0.378 e. The zero-order valence-corrected chi connectivity index (χ0v) is 12.8. The van der Waals surface area contributed by atoms with Gasteiger partial charge in [-0.3, -0.25) is 4.90 Å². The number of hydrogen-bond acceptors (Lipinski definition) is 4. The summed E-state index contributed by atoms with van der Waals surface area (Å²) >= 11 is 0. The summed E-state index contributed by atoms with van der Waals surface area (Å²) in [6, 6.07) is 10.4. The highest BCUT2D eigenvalue weighted by Gasteiger charge is 2.27. The molecule has 0 amide bonds. The summed E-state index contributed by atoms with van der Waals surface area (Å²) in [4.78, 5) is 17.7. The summed E-state index contributed by atoms with van der Waals surface area (Å²) in [7, 11) is 0. The number of benzene rings is 1. The molecule has 3 aromatic rings. The average molecular weight is 309 g/mol. The first-order valence-corrected chi connectivity index (χ1v) is 7.79. The number of nitrogens with zero attached hydrogens (tertiary/aromatic N) is 3. The lowest BCUT2D eigenvalue weighted by atomic mass is 10.2. The Morgan fingerprint density at radius 1 is 1.22 bits per heavy atom. The van der Waals surface area contributed by atoms with Crippen LogP contribution in [0.15, 0.2) is 49.1 Å². The van der Waals surface area contributed by atoms with E-state index in [0.717, 1.165) is 42.5 Å². The molecule has 1 saturated heterocycles. The Hall–Kier alpha value is -2.44. The molecule has 6 heteroatoms. The maximum atomic E-state index is 5.67. The summed E-state index contributed by atoms with van der Waals surface area (Å²) in [5.41, 5.74) is 3.28. The molecule has 0 spiro atoms. The molecule has 23 heavy (non-hydrogen) atoms. The van der Waals surface area contributed by atoms with Crippen LogP contribution in [0.25, 0.3) is 11.3 Å². The van der Waals surface area contributed by atoms with Crippen molar-refractivity contribution in [1.29, 1.82) is 0 Å². The number of aromatic amines is 2. The number of aromatic nitrogens is 4. The average Bonchev–Trinajstić information content (AvgIpc) is 3.28. The third-order valence-corrected chi connectivity index (χ3v) is 4.16. The Bertz CT molecular complexity index is 737. The van der Waals surface area contributed by atoms with E-state index in [1.54, 1.807) is 6.33 Å². The van der Waals surface area contributed by atoms with E-state index in [1.165, 1.54) is 0 Å². The molecule has 0 saturated carbocycles. The van der Waals surface area contributed by atoms with Gasteiger partial charge in [0.25, 0.3) is 0 Å². The van der Waals surface area contributed by atoms with Gasteiger partial charge in [-0.1, -0.05) is 30.3 Å². The molecule has 0 radical (unpaired) electrons. The molecule has 1 aliphatic heterocycles. The normalized spacial score (nSPS) is 19.0. The van der Waals surface area contributed by atoms with Gasteiger partial charge in [0.1, 0.15) is 5.82 Å². The van der Waals surface area contributed by atoms with Crippen LogP contribution in [0.5, 0.6) is 0 Å². The van der Waals surface area contributed by atoms with Gasteiger partial charge in [0.05, 0.1) is 37.5 Å². The molecule has 1 aliphatic rings. The Balaban J connectivity index is 1.56. The van der Waals surface area contributed by atoms with Gasteiger partial charge >= 0.3 is 0 Å². The molecular formula is C17H19N5O. The number of hydrogen-bond donors (Lipinski definition) is 2. The highest BCUT2D eigenvalue weighted by molar-refractivity contribution is 5.58. The molecule has 4 rings (SSSR count). The van der Waals surface area contributed by atoms with Crippen molar-refractivity contribution in [3.63, 3.8) is 0 Å². The van der Waals surface area contributed by atoms with Gasteiger partial charge in [-0.2, -0.15) is 0 Å². The van der Waals surface area contributed by atoms with Crippen molar-refractivity contribution in [3.05, 3.63) is 60.6 Å². The Kier molecular flexibility index (Phi) is 3.92. The molecule has 1 atom stereocenters. The van der Waals surface area contributed by atoms with Gasteiger partial charge in [0.15, 0.2) is 0 Å². The van der Waals surface area contributed by atoms with Crippen LogP contribution in [-0.4, -0.2) is 44.6 Å². The van der Waals surface area contributed by atoms with Gasteiger partial charge in [0.2, 0.25) is 0 Å². The van der Waals surface area contributed by atoms with E-state index in [4.69, 9.17) is 4.74 Å². The fourth-order valence-corrected chi connectivity index (χ4v) is 2.94. The van der Waals surface area contributed by atoms with Crippen molar-refractivity contribution in [2.45, 2.75) is 12.6 Å². The van der Waals surface area contributed by atoms with Gasteiger partial charge in [-0.15, -0.1) is 0 Å². The van der Waals surface area contributed by atoms with Crippen molar-refractivity contribution in [3.8, 4) is 11.3 Å². The van der Waals surface area contributed by atoms with Crippen LogP contribution in [-0.2, 0) is 11.3 Å². The van der Waals surface area contributed by atoms with Gasteiger partial charge in [-0.25, -0.2) is 9.97 Å². The first-order valence-electron chi connectivity index (χ1n) is 7.79. The summed E-state index contributed by atoms with van der Waals surface area (Å²) < 4.78 is 5.67.